The first kappa shape index (κ1) is 13.5. The summed E-state index contributed by atoms with van der Waals surface area (Å²) in [5, 5.41) is 4.87. The number of para-hydroxylation sites is 1. The molecule has 0 saturated heterocycles. The number of carbonyl (C=O) groups is 1. The molecule has 0 atom stereocenters. The summed E-state index contributed by atoms with van der Waals surface area (Å²) in [5.41, 5.74) is 1.12. The molecule has 3 rings (SSSR count). The van der Waals surface area contributed by atoms with Gasteiger partial charge in [-0.3, -0.25) is 4.79 Å². The molecule has 0 fully saturated rings. The van der Waals surface area contributed by atoms with Crippen LogP contribution in [0.15, 0.2) is 39.5 Å². The lowest BCUT2D eigenvalue weighted by Crippen LogP contribution is -2.22. The van der Waals surface area contributed by atoms with Gasteiger partial charge in [0.2, 0.25) is 11.7 Å². The van der Waals surface area contributed by atoms with Crippen LogP contribution in [0.4, 0.5) is 0 Å². The van der Waals surface area contributed by atoms with E-state index in [9.17, 15) is 4.79 Å². The van der Waals surface area contributed by atoms with Gasteiger partial charge in [-0.15, -0.1) is 0 Å². The van der Waals surface area contributed by atoms with Crippen molar-refractivity contribution in [2.45, 2.75) is 27.2 Å². The molecule has 5 heteroatoms. The van der Waals surface area contributed by atoms with Crippen LogP contribution in [-0.2, 0) is 11.2 Å². The zero-order valence-corrected chi connectivity index (χ0v) is 12.2. The molecule has 2 aromatic heterocycles. The largest absolute Gasteiger partial charge is 0.464 e. The second-order valence-electron chi connectivity index (χ2n) is 6.01. The molecule has 3 aromatic rings. The highest BCUT2D eigenvalue weighted by Gasteiger charge is 2.24. The molecule has 0 aliphatic heterocycles. The summed E-state index contributed by atoms with van der Waals surface area (Å²) in [5.74, 6) is 0.835. The smallest absolute Gasteiger partial charge is 0.234 e. The van der Waals surface area contributed by atoms with E-state index in [1.54, 1.807) is 6.26 Å². The molecule has 0 saturated carbocycles. The number of hydrogen-bond donors (Lipinski definition) is 0. The van der Waals surface area contributed by atoms with E-state index >= 15 is 0 Å². The fourth-order valence-electron chi connectivity index (χ4n) is 1.99. The molecule has 0 aliphatic carbocycles. The third-order valence-electron chi connectivity index (χ3n) is 3.34. The van der Waals surface area contributed by atoms with E-state index in [-0.39, 0.29) is 12.2 Å². The van der Waals surface area contributed by atoms with Gasteiger partial charge in [0.25, 0.3) is 0 Å². The minimum Gasteiger partial charge on any atom is -0.464 e. The Kier molecular flexibility index (Phi) is 3.12. The van der Waals surface area contributed by atoms with Crippen LogP contribution in [0.3, 0.4) is 0 Å². The topological polar surface area (TPSA) is 69.1 Å². The van der Waals surface area contributed by atoms with Crippen LogP contribution >= 0.6 is 0 Å². The summed E-state index contributed by atoms with van der Waals surface area (Å²) >= 11 is 0. The predicted molar refractivity (Wildman–Crippen MR) is 77.7 cm³/mol. The zero-order valence-electron chi connectivity index (χ0n) is 12.2. The molecule has 0 radical (unpaired) electrons. The van der Waals surface area contributed by atoms with Crippen molar-refractivity contribution < 1.29 is 13.7 Å². The Hall–Kier alpha value is -2.43. The molecule has 2 heterocycles. The summed E-state index contributed by atoms with van der Waals surface area (Å²) < 4.78 is 10.6. The molecule has 1 aromatic carbocycles. The lowest BCUT2D eigenvalue weighted by molar-refractivity contribution is -0.125. The predicted octanol–water partition coefficient (Wildman–Crippen LogP) is 3.64. The molecule has 0 unspecified atom stereocenters. The monoisotopic (exact) mass is 284 g/mol. The Morgan fingerprint density at radius 3 is 2.76 bits per heavy atom. The molecule has 0 spiro atoms. The number of nitrogens with zero attached hydrogens (tertiary/aromatic N) is 2. The molecule has 0 bridgehead atoms. The third kappa shape index (κ3) is 2.59. The van der Waals surface area contributed by atoms with Crippen molar-refractivity contribution in [3.8, 4) is 11.4 Å². The molecule has 0 N–H and O–H groups in total. The molecule has 108 valence electrons. The second kappa shape index (κ2) is 4.84. The van der Waals surface area contributed by atoms with E-state index in [1.807, 2.05) is 45.0 Å². The number of fused-ring (bicyclic) bond motifs is 1. The lowest BCUT2D eigenvalue weighted by Gasteiger charge is -2.14. The van der Waals surface area contributed by atoms with Gasteiger partial charge >= 0.3 is 0 Å². The molecule has 0 amide bonds. The van der Waals surface area contributed by atoms with Gasteiger partial charge in [0.05, 0.1) is 12.0 Å². The van der Waals surface area contributed by atoms with Gasteiger partial charge in [0.15, 0.2) is 0 Å². The van der Waals surface area contributed by atoms with Crippen molar-refractivity contribution >= 4 is 16.8 Å². The summed E-state index contributed by atoms with van der Waals surface area (Å²) in [6, 6.07) is 7.64. The fourth-order valence-corrected chi connectivity index (χ4v) is 1.99. The van der Waals surface area contributed by atoms with E-state index in [0.717, 1.165) is 16.5 Å². The van der Waals surface area contributed by atoms with Crippen LogP contribution in [0.1, 0.15) is 26.7 Å². The Labute approximate surface area is 122 Å². The van der Waals surface area contributed by atoms with Crippen molar-refractivity contribution in [3.05, 3.63) is 36.4 Å². The quantitative estimate of drug-likeness (QED) is 0.734. The van der Waals surface area contributed by atoms with Gasteiger partial charge in [-0.25, -0.2) is 0 Å². The Bertz CT molecular complexity index is 793. The minimum absolute atomic E-state index is 0.0646. The maximum absolute atomic E-state index is 12.0. The van der Waals surface area contributed by atoms with Crippen LogP contribution in [0.5, 0.6) is 0 Å². The highest BCUT2D eigenvalue weighted by molar-refractivity contribution is 5.92. The van der Waals surface area contributed by atoms with Gasteiger partial charge in [-0.2, -0.15) is 4.98 Å². The number of aromatic nitrogens is 2. The summed E-state index contributed by atoms with van der Waals surface area (Å²) in [6.45, 7) is 5.61. The number of rotatable bonds is 3. The van der Waals surface area contributed by atoms with Gasteiger partial charge in [-0.05, 0) is 6.07 Å². The van der Waals surface area contributed by atoms with Gasteiger partial charge in [0, 0.05) is 10.8 Å². The number of furan rings is 1. The maximum atomic E-state index is 12.0. The maximum Gasteiger partial charge on any atom is 0.234 e. The summed E-state index contributed by atoms with van der Waals surface area (Å²) in [6.07, 6.45) is 1.75. The van der Waals surface area contributed by atoms with E-state index in [0.29, 0.717) is 11.7 Å². The van der Waals surface area contributed by atoms with Crippen molar-refractivity contribution in [1.82, 2.24) is 10.1 Å². The minimum atomic E-state index is -0.420. The number of benzene rings is 1. The fraction of sp³-hybridized carbons (Fsp3) is 0.312. The number of carbonyl (C=O) groups excluding carboxylic acids is 1. The highest BCUT2D eigenvalue weighted by atomic mass is 16.5. The van der Waals surface area contributed by atoms with Gasteiger partial charge in [0.1, 0.15) is 17.6 Å². The van der Waals surface area contributed by atoms with Crippen LogP contribution in [0.25, 0.3) is 22.4 Å². The van der Waals surface area contributed by atoms with Crippen molar-refractivity contribution in [2.24, 2.45) is 5.41 Å². The van der Waals surface area contributed by atoms with E-state index in [1.165, 1.54) is 0 Å². The molecule has 21 heavy (non-hydrogen) atoms. The van der Waals surface area contributed by atoms with E-state index in [2.05, 4.69) is 10.1 Å². The molecular weight excluding hydrogens is 268 g/mol. The van der Waals surface area contributed by atoms with E-state index in [4.69, 9.17) is 8.94 Å². The second-order valence-corrected chi connectivity index (χ2v) is 6.01. The zero-order chi connectivity index (χ0) is 15.0. The number of hydrogen-bond acceptors (Lipinski definition) is 5. The number of Topliss-reactive ketones (excluding diaryl/α,β-unsaturated/α-hetero) is 1. The Morgan fingerprint density at radius 2 is 2.00 bits per heavy atom. The van der Waals surface area contributed by atoms with Crippen LogP contribution in [-0.4, -0.2) is 15.9 Å². The average Bonchev–Trinajstić information content (AvgIpc) is 3.03. The van der Waals surface area contributed by atoms with Gasteiger partial charge < -0.3 is 8.94 Å². The van der Waals surface area contributed by atoms with E-state index < -0.39 is 5.41 Å². The standard InChI is InChI=1S/C16H16N2O3/c1-16(2,3)13(19)8-14-17-15(18-21-14)11-9-20-12-7-5-4-6-10(11)12/h4-7,9H,8H2,1-3H3. The Balaban J connectivity index is 1.90. The summed E-state index contributed by atoms with van der Waals surface area (Å²) in [7, 11) is 0. The van der Waals surface area contributed by atoms with Crippen molar-refractivity contribution in [1.29, 1.82) is 0 Å². The van der Waals surface area contributed by atoms with Crippen molar-refractivity contribution in [3.63, 3.8) is 0 Å². The highest BCUT2D eigenvalue weighted by Crippen LogP contribution is 2.28. The third-order valence-corrected chi connectivity index (χ3v) is 3.34. The average molecular weight is 284 g/mol. The van der Waals surface area contributed by atoms with Crippen LogP contribution < -0.4 is 0 Å². The first-order chi connectivity index (χ1) is 9.95. The molecule has 0 aliphatic rings. The van der Waals surface area contributed by atoms with Crippen LogP contribution in [0.2, 0.25) is 0 Å². The number of ketones is 1. The van der Waals surface area contributed by atoms with Crippen molar-refractivity contribution in [2.75, 3.05) is 0 Å². The molecular formula is C16H16N2O3. The lowest BCUT2D eigenvalue weighted by atomic mass is 9.89. The van der Waals surface area contributed by atoms with Gasteiger partial charge in [-0.1, -0.05) is 44.1 Å². The SMILES string of the molecule is CC(C)(C)C(=O)Cc1nc(-c2coc3ccccc23)no1. The molecule has 5 nitrogen and oxygen atoms in total. The normalized spacial score (nSPS) is 12.0. The first-order valence-corrected chi connectivity index (χ1v) is 6.77. The Morgan fingerprint density at radius 1 is 1.24 bits per heavy atom. The summed E-state index contributed by atoms with van der Waals surface area (Å²) in [4.78, 5) is 16.3. The van der Waals surface area contributed by atoms with Crippen LogP contribution in [0, 0.1) is 5.41 Å². The first-order valence-electron chi connectivity index (χ1n) is 6.77.